The van der Waals surface area contributed by atoms with Crippen LogP contribution in [0.2, 0.25) is 0 Å². The Kier molecular flexibility index (Phi) is 5.37. The Morgan fingerprint density at radius 3 is 2.26 bits per heavy atom. The van der Waals surface area contributed by atoms with Gasteiger partial charge in [0.25, 0.3) is 0 Å². The zero-order valence-corrected chi connectivity index (χ0v) is 14.0. The lowest BCUT2D eigenvalue weighted by Crippen LogP contribution is -2.14. The summed E-state index contributed by atoms with van der Waals surface area (Å²) >= 11 is 0. The molecule has 0 spiro atoms. The fourth-order valence-corrected chi connectivity index (χ4v) is 2.37. The van der Waals surface area contributed by atoms with Gasteiger partial charge in [-0.15, -0.1) is 0 Å². The molecule has 0 atom stereocenters. The molecule has 0 aromatic heterocycles. The third kappa shape index (κ3) is 4.24. The highest BCUT2D eigenvalue weighted by atomic mass is 19.1. The Labute approximate surface area is 154 Å². The van der Waals surface area contributed by atoms with Crippen molar-refractivity contribution in [2.24, 2.45) is 4.99 Å². The zero-order chi connectivity index (χ0) is 19.2. The van der Waals surface area contributed by atoms with Gasteiger partial charge in [0.2, 0.25) is 0 Å². The molecule has 0 aliphatic heterocycles. The van der Waals surface area contributed by atoms with Crippen molar-refractivity contribution in [3.63, 3.8) is 0 Å². The van der Waals surface area contributed by atoms with Gasteiger partial charge in [-0.25, -0.2) is 14.0 Å². The second-order valence-corrected chi connectivity index (χ2v) is 5.49. The molecule has 5 nitrogen and oxygen atoms in total. The highest BCUT2D eigenvalue weighted by molar-refractivity contribution is 6.03. The standard InChI is InChI=1S/C21H14FNO4/c22-17-10-4-1-7-14(17)13-23-18-11-5-6-12-19(18)27-21(26)16-9-3-2-8-15(16)20(24)25/h1-13H,(H,24,25). The SMILES string of the molecule is O=C(O)c1ccccc1C(=O)Oc1ccccc1N=Cc1ccccc1F. The summed E-state index contributed by atoms with van der Waals surface area (Å²) in [5, 5.41) is 9.20. The minimum absolute atomic E-state index is 0.0714. The molecule has 0 unspecified atom stereocenters. The van der Waals surface area contributed by atoms with Gasteiger partial charge in [0, 0.05) is 11.8 Å². The van der Waals surface area contributed by atoms with Gasteiger partial charge < -0.3 is 9.84 Å². The topological polar surface area (TPSA) is 76.0 Å². The lowest BCUT2D eigenvalue weighted by Gasteiger charge is -2.08. The van der Waals surface area contributed by atoms with E-state index in [2.05, 4.69) is 4.99 Å². The van der Waals surface area contributed by atoms with Crippen molar-refractivity contribution < 1.29 is 23.8 Å². The molecule has 0 radical (unpaired) electrons. The molecule has 0 heterocycles. The molecule has 6 heteroatoms. The van der Waals surface area contributed by atoms with Crippen LogP contribution in [-0.2, 0) is 0 Å². The number of aromatic carboxylic acids is 1. The number of benzene rings is 3. The summed E-state index contributed by atoms with van der Waals surface area (Å²) in [6.07, 6.45) is 1.33. The van der Waals surface area contributed by atoms with Gasteiger partial charge in [-0.3, -0.25) is 4.99 Å². The molecule has 27 heavy (non-hydrogen) atoms. The summed E-state index contributed by atoms with van der Waals surface area (Å²) in [5.41, 5.74) is 0.365. The molecule has 0 aliphatic carbocycles. The summed E-state index contributed by atoms with van der Waals surface area (Å²) in [6.45, 7) is 0. The second kappa shape index (κ2) is 8.05. The third-order valence-corrected chi connectivity index (χ3v) is 3.69. The maximum absolute atomic E-state index is 13.7. The predicted molar refractivity (Wildman–Crippen MR) is 98.5 cm³/mol. The Morgan fingerprint density at radius 1 is 0.889 bits per heavy atom. The van der Waals surface area contributed by atoms with E-state index in [1.165, 1.54) is 36.5 Å². The van der Waals surface area contributed by atoms with Crippen LogP contribution in [0.4, 0.5) is 10.1 Å². The van der Waals surface area contributed by atoms with Crippen LogP contribution in [0, 0.1) is 5.82 Å². The molecule has 134 valence electrons. The van der Waals surface area contributed by atoms with Crippen LogP contribution in [0.15, 0.2) is 77.8 Å². The van der Waals surface area contributed by atoms with E-state index >= 15 is 0 Å². The number of para-hydroxylation sites is 2. The maximum Gasteiger partial charge on any atom is 0.344 e. The zero-order valence-electron chi connectivity index (χ0n) is 14.0. The summed E-state index contributed by atoms with van der Waals surface area (Å²) in [5.74, 6) is -2.34. The van der Waals surface area contributed by atoms with E-state index in [0.717, 1.165) is 0 Å². The molecule has 0 fully saturated rings. The van der Waals surface area contributed by atoms with Crippen molar-refractivity contribution >= 4 is 23.8 Å². The van der Waals surface area contributed by atoms with Crippen molar-refractivity contribution in [3.8, 4) is 5.75 Å². The number of esters is 1. The van der Waals surface area contributed by atoms with Crippen LogP contribution < -0.4 is 4.74 Å². The van der Waals surface area contributed by atoms with Crippen molar-refractivity contribution in [2.75, 3.05) is 0 Å². The molecule has 3 aromatic carbocycles. The van der Waals surface area contributed by atoms with E-state index in [-0.39, 0.29) is 22.4 Å². The van der Waals surface area contributed by atoms with E-state index in [0.29, 0.717) is 5.69 Å². The number of nitrogens with zero attached hydrogens (tertiary/aromatic N) is 1. The van der Waals surface area contributed by atoms with Crippen molar-refractivity contribution in [1.82, 2.24) is 0 Å². The van der Waals surface area contributed by atoms with Crippen LogP contribution in [0.25, 0.3) is 0 Å². The molecule has 0 aliphatic rings. The Balaban J connectivity index is 1.88. The molecule has 0 amide bonds. The largest absolute Gasteiger partial charge is 0.478 e. The average Bonchev–Trinajstić information content (AvgIpc) is 2.68. The first-order valence-corrected chi connectivity index (χ1v) is 7.98. The number of ether oxygens (including phenoxy) is 1. The van der Waals surface area contributed by atoms with Gasteiger partial charge in [-0.05, 0) is 30.3 Å². The van der Waals surface area contributed by atoms with Crippen LogP contribution >= 0.6 is 0 Å². The number of carboxylic acid groups (broad SMARTS) is 1. The van der Waals surface area contributed by atoms with Crippen LogP contribution in [0.5, 0.6) is 5.75 Å². The molecule has 0 saturated heterocycles. The highest BCUT2D eigenvalue weighted by Crippen LogP contribution is 2.28. The number of hydrogen-bond donors (Lipinski definition) is 1. The van der Waals surface area contributed by atoms with Crippen molar-refractivity contribution in [1.29, 1.82) is 0 Å². The number of hydrogen-bond acceptors (Lipinski definition) is 4. The summed E-state index contributed by atoms with van der Waals surface area (Å²) in [7, 11) is 0. The first kappa shape index (κ1) is 18.0. The number of carboxylic acids is 1. The fourth-order valence-electron chi connectivity index (χ4n) is 2.37. The van der Waals surface area contributed by atoms with E-state index < -0.39 is 17.8 Å². The van der Waals surface area contributed by atoms with Crippen molar-refractivity contribution in [3.05, 3.63) is 95.3 Å². The maximum atomic E-state index is 13.7. The number of carbonyl (C=O) groups excluding carboxylic acids is 1. The average molecular weight is 363 g/mol. The monoisotopic (exact) mass is 363 g/mol. The smallest absolute Gasteiger partial charge is 0.344 e. The van der Waals surface area contributed by atoms with Gasteiger partial charge in [0.1, 0.15) is 11.5 Å². The third-order valence-electron chi connectivity index (χ3n) is 3.69. The molecule has 1 N–H and O–H groups in total. The van der Waals surface area contributed by atoms with E-state index in [1.54, 1.807) is 42.5 Å². The number of aliphatic imine (C=N–C) groups is 1. The molecule has 3 rings (SSSR count). The molecule has 0 saturated carbocycles. The van der Waals surface area contributed by atoms with E-state index in [1.807, 2.05) is 0 Å². The summed E-state index contributed by atoms with van der Waals surface area (Å²) in [6, 6.07) is 18.4. The first-order valence-electron chi connectivity index (χ1n) is 7.98. The number of halogens is 1. The Bertz CT molecular complexity index is 1030. The van der Waals surface area contributed by atoms with Gasteiger partial charge in [-0.2, -0.15) is 0 Å². The highest BCUT2D eigenvalue weighted by Gasteiger charge is 2.18. The molecule has 0 bridgehead atoms. The predicted octanol–water partition coefficient (Wildman–Crippen LogP) is 4.49. The normalized spacial score (nSPS) is 10.7. The van der Waals surface area contributed by atoms with Gasteiger partial charge in [-0.1, -0.05) is 42.5 Å². The van der Waals surface area contributed by atoms with E-state index in [4.69, 9.17) is 4.74 Å². The quantitative estimate of drug-likeness (QED) is 0.412. The Hall–Kier alpha value is -3.80. The van der Waals surface area contributed by atoms with Crippen LogP contribution in [0.3, 0.4) is 0 Å². The summed E-state index contributed by atoms with van der Waals surface area (Å²) in [4.78, 5) is 27.9. The molecular formula is C21H14FNO4. The summed E-state index contributed by atoms with van der Waals surface area (Å²) < 4.78 is 19.0. The fraction of sp³-hybridized carbons (Fsp3) is 0. The van der Waals surface area contributed by atoms with Crippen LogP contribution in [-0.4, -0.2) is 23.3 Å². The second-order valence-electron chi connectivity index (χ2n) is 5.49. The lowest BCUT2D eigenvalue weighted by atomic mass is 10.1. The number of carbonyl (C=O) groups is 2. The van der Waals surface area contributed by atoms with Gasteiger partial charge >= 0.3 is 11.9 Å². The van der Waals surface area contributed by atoms with E-state index in [9.17, 15) is 19.1 Å². The van der Waals surface area contributed by atoms with Crippen molar-refractivity contribution in [2.45, 2.75) is 0 Å². The minimum Gasteiger partial charge on any atom is -0.478 e. The molecular weight excluding hydrogens is 349 g/mol. The van der Waals surface area contributed by atoms with Crippen LogP contribution in [0.1, 0.15) is 26.3 Å². The number of rotatable bonds is 5. The minimum atomic E-state index is -1.23. The van der Waals surface area contributed by atoms with Gasteiger partial charge in [0.05, 0.1) is 11.1 Å². The first-order chi connectivity index (χ1) is 13.1. The van der Waals surface area contributed by atoms with Gasteiger partial charge in [0.15, 0.2) is 5.75 Å². The Morgan fingerprint density at radius 2 is 1.52 bits per heavy atom. The molecule has 3 aromatic rings. The lowest BCUT2D eigenvalue weighted by molar-refractivity contribution is 0.0668.